The molecular weight excluding hydrogens is 285 g/mol. The molecule has 1 saturated heterocycles. The summed E-state index contributed by atoms with van der Waals surface area (Å²) in [5, 5.41) is 11.8. The second kappa shape index (κ2) is 5.93. The van der Waals surface area contributed by atoms with E-state index < -0.39 is 23.8 Å². The van der Waals surface area contributed by atoms with Gasteiger partial charge < -0.3 is 15.3 Å². The lowest BCUT2D eigenvalue weighted by Crippen LogP contribution is -2.41. The van der Waals surface area contributed by atoms with Crippen molar-refractivity contribution in [2.24, 2.45) is 0 Å². The van der Waals surface area contributed by atoms with Gasteiger partial charge in [0, 0.05) is 24.8 Å². The van der Waals surface area contributed by atoms with Crippen LogP contribution in [-0.2, 0) is 11.0 Å². The van der Waals surface area contributed by atoms with Crippen LogP contribution in [0.4, 0.5) is 18.9 Å². The molecule has 1 aromatic carbocycles. The molecule has 1 aliphatic heterocycles. The minimum absolute atomic E-state index is 0.102. The Hall–Kier alpha value is -1.76. The van der Waals surface area contributed by atoms with E-state index in [4.69, 9.17) is 5.11 Å². The van der Waals surface area contributed by atoms with Crippen LogP contribution in [0.25, 0.3) is 0 Å². The number of nitrogens with one attached hydrogen (secondary N) is 1. The fourth-order valence-electron chi connectivity index (χ4n) is 2.30. The molecule has 1 aromatic rings. The summed E-state index contributed by atoms with van der Waals surface area (Å²) in [6.07, 6.45) is -4.71. The molecule has 2 N–H and O–H groups in total. The van der Waals surface area contributed by atoms with Gasteiger partial charge in [-0.25, -0.2) is 0 Å². The molecule has 0 spiro atoms. The molecule has 21 heavy (non-hydrogen) atoms. The number of carbonyl (C=O) groups excluding carboxylic acids is 1. The number of halogens is 3. The lowest BCUT2D eigenvalue weighted by Gasteiger charge is -2.20. The molecule has 2 atom stereocenters. The van der Waals surface area contributed by atoms with Crippen molar-refractivity contribution in [1.82, 2.24) is 5.32 Å². The third kappa shape index (κ3) is 3.87. The van der Waals surface area contributed by atoms with Crippen molar-refractivity contribution in [3.05, 3.63) is 29.8 Å². The first-order chi connectivity index (χ1) is 9.77. The van der Waals surface area contributed by atoms with Gasteiger partial charge in [0.25, 0.3) is 0 Å². The lowest BCUT2D eigenvalue weighted by molar-refractivity contribution is -0.137. The molecule has 0 unspecified atom stereocenters. The Bertz CT molecular complexity index is 500. The molecule has 0 saturated carbocycles. The Labute approximate surface area is 120 Å². The summed E-state index contributed by atoms with van der Waals surface area (Å²) in [5.41, 5.74) is 0.0150. The summed E-state index contributed by atoms with van der Waals surface area (Å²) in [4.78, 5) is 13.3. The minimum Gasteiger partial charge on any atom is -0.384 e. The van der Waals surface area contributed by atoms with Crippen molar-refractivity contribution in [2.75, 3.05) is 18.0 Å². The molecule has 4 nitrogen and oxygen atoms in total. The number of nitrogens with zero attached hydrogens (tertiary/aromatic N) is 1. The Kier molecular flexibility index (Phi) is 4.41. The van der Waals surface area contributed by atoms with Crippen molar-refractivity contribution in [3.8, 4) is 0 Å². The maximum absolute atomic E-state index is 12.5. The van der Waals surface area contributed by atoms with Crippen LogP contribution >= 0.6 is 0 Å². The van der Waals surface area contributed by atoms with E-state index in [0.717, 1.165) is 12.1 Å². The van der Waals surface area contributed by atoms with Gasteiger partial charge in [0.2, 0.25) is 5.91 Å². The molecule has 1 heterocycles. The molecule has 116 valence electrons. The highest BCUT2D eigenvalue weighted by Crippen LogP contribution is 2.31. The molecule has 0 radical (unpaired) electrons. The van der Waals surface area contributed by atoms with Gasteiger partial charge in [-0.05, 0) is 37.6 Å². The second-order valence-electron chi connectivity index (χ2n) is 5.16. The van der Waals surface area contributed by atoms with Crippen LogP contribution in [0, 0.1) is 0 Å². The standard InChI is InChI=1S/C14H17F3N2O2/c1-9(20)13(21)18-11-6-7-19(8-11)12-4-2-10(3-5-12)14(15,16)17/h2-5,9,11,20H,6-8H2,1H3,(H,18,21)/t9-,11-/m0/s1. The van der Waals surface area contributed by atoms with Crippen molar-refractivity contribution >= 4 is 11.6 Å². The molecule has 2 rings (SSSR count). The maximum Gasteiger partial charge on any atom is 0.416 e. The third-order valence-electron chi connectivity index (χ3n) is 3.47. The second-order valence-corrected chi connectivity index (χ2v) is 5.16. The number of carbonyl (C=O) groups is 1. The predicted octanol–water partition coefficient (Wildman–Crippen LogP) is 1.78. The van der Waals surface area contributed by atoms with Crippen molar-refractivity contribution in [1.29, 1.82) is 0 Å². The Morgan fingerprint density at radius 1 is 1.38 bits per heavy atom. The van der Waals surface area contributed by atoms with Crippen LogP contribution < -0.4 is 10.2 Å². The first-order valence-corrected chi connectivity index (χ1v) is 6.68. The molecular formula is C14H17F3N2O2. The minimum atomic E-state index is -4.34. The quantitative estimate of drug-likeness (QED) is 0.895. The number of rotatable bonds is 3. The van der Waals surface area contributed by atoms with E-state index >= 15 is 0 Å². The summed E-state index contributed by atoms with van der Waals surface area (Å²) in [6, 6.07) is 4.87. The van der Waals surface area contributed by atoms with Gasteiger partial charge in [-0.1, -0.05) is 0 Å². The number of aliphatic hydroxyl groups is 1. The van der Waals surface area contributed by atoms with Gasteiger partial charge in [0.15, 0.2) is 0 Å². The highest BCUT2D eigenvalue weighted by Gasteiger charge is 2.31. The predicted molar refractivity (Wildman–Crippen MR) is 71.9 cm³/mol. The van der Waals surface area contributed by atoms with Gasteiger partial charge in [0.05, 0.1) is 5.56 Å². The fraction of sp³-hybridized carbons (Fsp3) is 0.500. The summed E-state index contributed by atoms with van der Waals surface area (Å²) in [7, 11) is 0. The summed E-state index contributed by atoms with van der Waals surface area (Å²) < 4.78 is 37.5. The van der Waals surface area contributed by atoms with Crippen LogP contribution in [0.5, 0.6) is 0 Å². The molecule has 1 amide bonds. The van der Waals surface area contributed by atoms with Crippen LogP contribution in [-0.4, -0.2) is 36.2 Å². The summed E-state index contributed by atoms with van der Waals surface area (Å²) in [5.74, 6) is -0.436. The zero-order valence-electron chi connectivity index (χ0n) is 11.5. The number of alkyl halides is 3. The van der Waals surface area contributed by atoms with Crippen LogP contribution in [0.3, 0.4) is 0 Å². The molecule has 0 bridgehead atoms. The monoisotopic (exact) mass is 302 g/mol. The Balaban J connectivity index is 1.97. The van der Waals surface area contributed by atoms with Gasteiger partial charge in [0.1, 0.15) is 6.10 Å². The Morgan fingerprint density at radius 2 is 2.00 bits per heavy atom. The zero-order valence-corrected chi connectivity index (χ0v) is 11.5. The molecule has 7 heteroatoms. The van der Waals surface area contributed by atoms with E-state index in [1.807, 2.05) is 4.90 Å². The number of aliphatic hydroxyl groups excluding tert-OH is 1. The number of anilines is 1. The van der Waals surface area contributed by atoms with Gasteiger partial charge in [-0.3, -0.25) is 4.79 Å². The van der Waals surface area contributed by atoms with E-state index in [2.05, 4.69) is 5.32 Å². The summed E-state index contributed by atoms with van der Waals surface area (Å²) >= 11 is 0. The van der Waals surface area contributed by atoms with E-state index in [9.17, 15) is 18.0 Å². The SMILES string of the molecule is C[C@H](O)C(=O)N[C@H]1CCN(c2ccc(C(F)(F)F)cc2)C1. The van der Waals surface area contributed by atoms with Crippen molar-refractivity contribution in [2.45, 2.75) is 31.7 Å². The number of benzene rings is 1. The average Bonchev–Trinajstić information content (AvgIpc) is 2.86. The van der Waals surface area contributed by atoms with E-state index in [0.29, 0.717) is 25.2 Å². The van der Waals surface area contributed by atoms with E-state index in [1.54, 1.807) is 0 Å². The Morgan fingerprint density at radius 3 is 2.52 bits per heavy atom. The number of hydrogen-bond acceptors (Lipinski definition) is 3. The highest BCUT2D eigenvalue weighted by atomic mass is 19.4. The third-order valence-corrected chi connectivity index (χ3v) is 3.47. The topological polar surface area (TPSA) is 52.6 Å². The number of amides is 1. The number of hydrogen-bond donors (Lipinski definition) is 2. The van der Waals surface area contributed by atoms with E-state index in [1.165, 1.54) is 19.1 Å². The molecule has 1 aliphatic rings. The van der Waals surface area contributed by atoms with E-state index in [-0.39, 0.29) is 6.04 Å². The van der Waals surface area contributed by atoms with Crippen molar-refractivity contribution in [3.63, 3.8) is 0 Å². The van der Waals surface area contributed by atoms with Crippen LogP contribution in [0.2, 0.25) is 0 Å². The highest BCUT2D eigenvalue weighted by molar-refractivity contribution is 5.80. The molecule has 0 aromatic heterocycles. The van der Waals surface area contributed by atoms with Crippen LogP contribution in [0.15, 0.2) is 24.3 Å². The molecule has 1 fully saturated rings. The normalized spacial score (nSPS) is 20.4. The van der Waals surface area contributed by atoms with Gasteiger partial charge in [-0.15, -0.1) is 0 Å². The van der Waals surface area contributed by atoms with Crippen LogP contribution in [0.1, 0.15) is 18.9 Å². The largest absolute Gasteiger partial charge is 0.416 e. The fourth-order valence-corrected chi connectivity index (χ4v) is 2.30. The zero-order chi connectivity index (χ0) is 15.6. The van der Waals surface area contributed by atoms with Gasteiger partial charge >= 0.3 is 6.18 Å². The average molecular weight is 302 g/mol. The molecule has 0 aliphatic carbocycles. The van der Waals surface area contributed by atoms with Crippen molar-refractivity contribution < 1.29 is 23.1 Å². The smallest absolute Gasteiger partial charge is 0.384 e. The van der Waals surface area contributed by atoms with Gasteiger partial charge in [-0.2, -0.15) is 13.2 Å². The first-order valence-electron chi connectivity index (χ1n) is 6.68. The summed E-state index contributed by atoms with van der Waals surface area (Å²) in [6.45, 7) is 2.55. The maximum atomic E-state index is 12.5. The lowest BCUT2D eigenvalue weighted by atomic mass is 10.2. The first kappa shape index (κ1) is 15.6.